The normalized spacial score (nSPS) is 10.6. The second kappa shape index (κ2) is 12.3. The summed E-state index contributed by atoms with van der Waals surface area (Å²) in [6.45, 7) is 3.66. The van der Waals surface area contributed by atoms with E-state index in [0.29, 0.717) is 34.3 Å². The van der Waals surface area contributed by atoms with Gasteiger partial charge in [0.2, 0.25) is 5.75 Å². The number of aryl methyl sites for hydroxylation is 2. The zero-order valence-corrected chi connectivity index (χ0v) is 20.8. The molecule has 9 heteroatoms. The Morgan fingerprint density at radius 3 is 2.11 bits per heavy atom. The first kappa shape index (κ1) is 26.1. The average Bonchev–Trinajstić information content (AvgIpc) is 2.87. The van der Waals surface area contributed by atoms with Crippen molar-refractivity contribution in [2.24, 2.45) is 5.10 Å². The van der Waals surface area contributed by atoms with E-state index in [0.717, 1.165) is 11.1 Å². The Hall–Kier alpha value is -4.53. The Kier molecular flexibility index (Phi) is 8.88. The highest BCUT2D eigenvalue weighted by atomic mass is 16.5. The summed E-state index contributed by atoms with van der Waals surface area (Å²) >= 11 is 0. The number of carbonyl (C=O) groups is 2. The number of hydrogen-bond acceptors (Lipinski definition) is 8. The van der Waals surface area contributed by atoms with Gasteiger partial charge in [-0.3, -0.25) is 4.79 Å². The first-order chi connectivity index (χ1) is 17.4. The zero-order valence-electron chi connectivity index (χ0n) is 20.8. The van der Waals surface area contributed by atoms with Gasteiger partial charge in [0.05, 0.1) is 33.1 Å². The highest BCUT2D eigenvalue weighted by molar-refractivity contribution is 5.93. The molecule has 3 aromatic carbocycles. The number of benzene rings is 3. The second-order valence-corrected chi connectivity index (χ2v) is 7.68. The van der Waals surface area contributed by atoms with Crippen molar-refractivity contribution < 1.29 is 33.3 Å². The van der Waals surface area contributed by atoms with Gasteiger partial charge in [0.1, 0.15) is 11.5 Å². The monoisotopic (exact) mass is 492 g/mol. The van der Waals surface area contributed by atoms with Crippen molar-refractivity contribution in [1.29, 1.82) is 0 Å². The second-order valence-electron chi connectivity index (χ2n) is 7.68. The molecule has 1 N–H and O–H groups in total. The number of hydrogen-bond donors (Lipinski definition) is 1. The molecule has 36 heavy (non-hydrogen) atoms. The molecule has 0 aliphatic rings. The van der Waals surface area contributed by atoms with Crippen LogP contribution in [0, 0.1) is 13.8 Å². The molecule has 1 amide bonds. The maximum Gasteiger partial charge on any atom is 0.343 e. The lowest BCUT2D eigenvalue weighted by molar-refractivity contribution is -0.123. The highest BCUT2D eigenvalue weighted by Gasteiger charge is 2.18. The van der Waals surface area contributed by atoms with Crippen LogP contribution in [-0.4, -0.2) is 46.0 Å². The van der Waals surface area contributed by atoms with Crippen LogP contribution < -0.4 is 29.1 Å². The Bertz CT molecular complexity index is 1230. The number of esters is 1. The lowest BCUT2D eigenvalue weighted by atomic mass is 10.1. The molecule has 0 unspecified atom stereocenters. The van der Waals surface area contributed by atoms with Crippen LogP contribution in [0.2, 0.25) is 0 Å². The van der Waals surface area contributed by atoms with Crippen LogP contribution in [0.3, 0.4) is 0 Å². The van der Waals surface area contributed by atoms with E-state index in [-0.39, 0.29) is 12.2 Å². The van der Waals surface area contributed by atoms with E-state index in [1.165, 1.54) is 39.7 Å². The molecule has 3 aromatic rings. The topological polar surface area (TPSA) is 105 Å². The van der Waals surface area contributed by atoms with Gasteiger partial charge < -0.3 is 23.7 Å². The van der Waals surface area contributed by atoms with Crippen LogP contribution in [0.25, 0.3) is 0 Å². The lowest BCUT2D eigenvalue weighted by Gasteiger charge is -2.13. The van der Waals surface area contributed by atoms with E-state index in [1.807, 2.05) is 32.0 Å². The minimum atomic E-state index is -0.611. The lowest BCUT2D eigenvalue weighted by Crippen LogP contribution is -2.25. The molecule has 0 bridgehead atoms. The summed E-state index contributed by atoms with van der Waals surface area (Å²) in [6.07, 6.45) is 1.44. The average molecular weight is 493 g/mol. The van der Waals surface area contributed by atoms with Crippen LogP contribution in [0.15, 0.2) is 59.7 Å². The van der Waals surface area contributed by atoms with Crippen molar-refractivity contribution in [3.63, 3.8) is 0 Å². The summed E-state index contributed by atoms with van der Waals surface area (Å²) in [5.74, 6) is 1.00. The third-order valence-electron chi connectivity index (χ3n) is 5.13. The third kappa shape index (κ3) is 6.53. The van der Waals surface area contributed by atoms with E-state index in [4.69, 9.17) is 23.7 Å². The summed E-state index contributed by atoms with van der Waals surface area (Å²) in [5, 5.41) is 3.95. The third-order valence-corrected chi connectivity index (χ3v) is 5.13. The molecule has 0 fully saturated rings. The molecule has 0 heterocycles. The number of nitrogens with one attached hydrogen (secondary N) is 1. The molecule has 0 saturated heterocycles. The number of amides is 1. The van der Waals surface area contributed by atoms with Crippen molar-refractivity contribution in [3.05, 3.63) is 76.9 Å². The fraction of sp³-hybridized carbons (Fsp3) is 0.222. The van der Waals surface area contributed by atoms with Gasteiger partial charge in [-0.05, 0) is 54.8 Å². The van der Waals surface area contributed by atoms with E-state index in [2.05, 4.69) is 10.5 Å². The van der Waals surface area contributed by atoms with Crippen molar-refractivity contribution in [1.82, 2.24) is 5.43 Å². The van der Waals surface area contributed by atoms with Crippen molar-refractivity contribution in [3.8, 4) is 28.7 Å². The van der Waals surface area contributed by atoms with Crippen LogP contribution >= 0.6 is 0 Å². The van der Waals surface area contributed by atoms with Gasteiger partial charge in [0.15, 0.2) is 18.1 Å². The number of methoxy groups -OCH3 is 3. The quantitative estimate of drug-likeness (QED) is 0.197. The molecule has 0 saturated carbocycles. The van der Waals surface area contributed by atoms with Crippen molar-refractivity contribution >= 4 is 18.1 Å². The first-order valence-corrected chi connectivity index (χ1v) is 11.0. The van der Waals surface area contributed by atoms with Gasteiger partial charge in [-0.25, -0.2) is 10.2 Å². The Balaban J connectivity index is 1.61. The van der Waals surface area contributed by atoms with E-state index in [1.54, 1.807) is 24.3 Å². The van der Waals surface area contributed by atoms with Crippen molar-refractivity contribution in [2.75, 3.05) is 27.9 Å². The van der Waals surface area contributed by atoms with Gasteiger partial charge in [0, 0.05) is 0 Å². The summed E-state index contributed by atoms with van der Waals surface area (Å²) < 4.78 is 26.9. The molecule has 0 aliphatic heterocycles. The molecule has 0 atom stereocenters. The standard InChI is InChI=1S/C27H28N2O7/c1-17-8-6-9-18(2)25(17)35-16-24(30)29-28-15-19-10-7-11-21(12-19)36-27(31)20-13-22(32-3)26(34-5)23(14-20)33-4/h6-15H,16H2,1-5H3,(H,29,30)/b28-15+. The predicted molar refractivity (Wildman–Crippen MR) is 135 cm³/mol. The SMILES string of the molecule is COc1cc(C(=O)Oc2cccc(/C=N/NC(=O)COc3c(C)cccc3C)c2)cc(OC)c1OC. The number of nitrogens with zero attached hydrogens (tertiary/aromatic N) is 1. The maximum atomic E-state index is 12.7. The predicted octanol–water partition coefficient (Wildman–Crippen LogP) is 4.08. The summed E-state index contributed by atoms with van der Waals surface area (Å²) in [6, 6.07) is 15.5. The minimum absolute atomic E-state index is 0.171. The molecule has 0 aromatic heterocycles. The van der Waals surface area contributed by atoms with Crippen LogP contribution in [0.4, 0.5) is 0 Å². The summed E-state index contributed by atoms with van der Waals surface area (Å²) in [7, 11) is 4.40. The largest absolute Gasteiger partial charge is 0.493 e. The molecule has 3 rings (SSSR count). The molecule has 9 nitrogen and oxygen atoms in total. The zero-order chi connectivity index (χ0) is 26.1. The van der Waals surface area contributed by atoms with Crippen LogP contribution in [0.1, 0.15) is 27.0 Å². The molecule has 188 valence electrons. The number of rotatable bonds is 10. The van der Waals surface area contributed by atoms with Gasteiger partial charge >= 0.3 is 5.97 Å². The van der Waals surface area contributed by atoms with Gasteiger partial charge in [-0.1, -0.05) is 30.3 Å². The van der Waals surface area contributed by atoms with Crippen molar-refractivity contribution in [2.45, 2.75) is 13.8 Å². The summed E-state index contributed by atoms with van der Waals surface area (Å²) in [4.78, 5) is 24.8. The Labute approximate surface area is 209 Å². The molecular formula is C27H28N2O7. The maximum absolute atomic E-state index is 12.7. The smallest absolute Gasteiger partial charge is 0.343 e. The molecule has 0 spiro atoms. The minimum Gasteiger partial charge on any atom is -0.493 e. The number of para-hydroxylation sites is 1. The molecule has 0 aliphatic carbocycles. The van der Waals surface area contributed by atoms with Gasteiger partial charge in [-0.2, -0.15) is 5.10 Å². The number of hydrazone groups is 1. The summed E-state index contributed by atoms with van der Waals surface area (Å²) in [5.41, 5.74) is 5.15. The van der Waals surface area contributed by atoms with E-state index in [9.17, 15) is 9.59 Å². The number of carbonyl (C=O) groups excluding carboxylic acids is 2. The first-order valence-electron chi connectivity index (χ1n) is 11.0. The fourth-order valence-corrected chi connectivity index (χ4v) is 3.40. The highest BCUT2D eigenvalue weighted by Crippen LogP contribution is 2.38. The van der Waals surface area contributed by atoms with Crippen LogP contribution in [0.5, 0.6) is 28.7 Å². The molecule has 0 radical (unpaired) electrons. The van der Waals surface area contributed by atoms with Crippen LogP contribution in [-0.2, 0) is 4.79 Å². The Morgan fingerprint density at radius 2 is 1.50 bits per heavy atom. The van der Waals surface area contributed by atoms with E-state index >= 15 is 0 Å². The molecular weight excluding hydrogens is 464 g/mol. The van der Waals surface area contributed by atoms with Gasteiger partial charge in [-0.15, -0.1) is 0 Å². The fourth-order valence-electron chi connectivity index (χ4n) is 3.40. The number of ether oxygens (including phenoxy) is 5. The Morgan fingerprint density at radius 1 is 0.861 bits per heavy atom. The van der Waals surface area contributed by atoms with E-state index < -0.39 is 11.9 Å². The van der Waals surface area contributed by atoms with Gasteiger partial charge in [0.25, 0.3) is 5.91 Å².